The highest BCUT2D eigenvalue weighted by Gasteiger charge is 2.13. The summed E-state index contributed by atoms with van der Waals surface area (Å²) in [6, 6.07) is 12.6. The van der Waals surface area contributed by atoms with Crippen LogP contribution in [0.1, 0.15) is 28.3 Å². The van der Waals surface area contributed by atoms with Crippen molar-refractivity contribution in [2.75, 3.05) is 7.05 Å². The van der Waals surface area contributed by atoms with E-state index >= 15 is 0 Å². The van der Waals surface area contributed by atoms with Crippen LogP contribution in [0.5, 0.6) is 0 Å². The quantitative estimate of drug-likeness (QED) is 0.827. The van der Waals surface area contributed by atoms with Crippen LogP contribution in [0.15, 0.2) is 36.4 Å². The average molecular weight is 308 g/mol. The molecule has 0 aliphatic rings. The number of likely N-dealkylation sites (N-methyl/N-ethyl adjacent to an activating group) is 1. The highest BCUT2D eigenvalue weighted by atomic mass is 35.5. The van der Waals surface area contributed by atoms with Crippen LogP contribution in [0.25, 0.3) is 0 Å². The normalized spacial score (nSPS) is 12.4. The van der Waals surface area contributed by atoms with Gasteiger partial charge in [-0.15, -0.1) is 0 Å². The lowest BCUT2D eigenvalue weighted by Gasteiger charge is -2.18. The summed E-state index contributed by atoms with van der Waals surface area (Å²) in [4.78, 5) is 0. The number of hydrogen-bond donors (Lipinski definition) is 1. The minimum atomic E-state index is 0.228. The molecule has 0 spiro atoms. The van der Waals surface area contributed by atoms with Crippen LogP contribution >= 0.6 is 23.2 Å². The molecule has 1 nitrogen and oxygen atoms in total. The fourth-order valence-electron chi connectivity index (χ4n) is 2.31. The van der Waals surface area contributed by atoms with Crippen molar-refractivity contribution < 1.29 is 0 Å². The maximum absolute atomic E-state index is 6.33. The van der Waals surface area contributed by atoms with Gasteiger partial charge in [0.25, 0.3) is 0 Å². The van der Waals surface area contributed by atoms with E-state index in [0.717, 1.165) is 27.6 Å². The molecule has 20 heavy (non-hydrogen) atoms. The third-order valence-corrected chi connectivity index (χ3v) is 4.34. The van der Waals surface area contributed by atoms with Crippen molar-refractivity contribution in [3.8, 4) is 0 Å². The first-order valence-electron chi connectivity index (χ1n) is 6.69. The van der Waals surface area contributed by atoms with Crippen LogP contribution in [-0.4, -0.2) is 7.05 Å². The molecular weight excluding hydrogens is 289 g/mol. The van der Waals surface area contributed by atoms with Gasteiger partial charge in [0.15, 0.2) is 0 Å². The van der Waals surface area contributed by atoms with E-state index in [2.05, 4.69) is 29.6 Å². The summed E-state index contributed by atoms with van der Waals surface area (Å²) in [5.41, 5.74) is 4.66. The molecule has 0 aliphatic heterocycles. The lowest BCUT2D eigenvalue weighted by Crippen LogP contribution is -2.19. The minimum Gasteiger partial charge on any atom is -0.313 e. The molecule has 0 saturated heterocycles. The molecule has 0 bridgehead atoms. The van der Waals surface area contributed by atoms with Crippen molar-refractivity contribution in [1.29, 1.82) is 0 Å². The second kappa shape index (κ2) is 6.62. The minimum absolute atomic E-state index is 0.228. The SMILES string of the molecule is CNC(Cc1ccc(C)cc1Cl)c1ccc(Cl)c(C)c1. The third kappa shape index (κ3) is 3.54. The second-order valence-electron chi connectivity index (χ2n) is 5.15. The second-order valence-corrected chi connectivity index (χ2v) is 5.96. The Bertz CT molecular complexity index is 608. The number of benzene rings is 2. The van der Waals surface area contributed by atoms with E-state index in [-0.39, 0.29) is 6.04 Å². The Kier molecular flexibility index (Phi) is 5.09. The molecule has 3 heteroatoms. The number of halogens is 2. The van der Waals surface area contributed by atoms with Crippen molar-refractivity contribution in [3.05, 3.63) is 68.7 Å². The van der Waals surface area contributed by atoms with Crippen LogP contribution < -0.4 is 5.32 Å². The predicted octanol–water partition coefficient (Wildman–Crippen LogP) is 5.11. The van der Waals surface area contributed by atoms with Gasteiger partial charge in [-0.05, 0) is 61.7 Å². The Balaban J connectivity index is 2.26. The van der Waals surface area contributed by atoms with Crippen LogP contribution in [0.3, 0.4) is 0 Å². The maximum atomic E-state index is 6.33. The Morgan fingerprint density at radius 1 is 1.00 bits per heavy atom. The molecule has 2 aromatic carbocycles. The highest BCUT2D eigenvalue weighted by molar-refractivity contribution is 6.31. The molecule has 0 heterocycles. The summed E-state index contributed by atoms with van der Waals surface area (Å²) in [5.74, 6) is 0. The molecule has 1 N–H and O–H groups in total. The van der Waals surface area contributed by atoms with E-state index in [0.29, 0.717) is 0 Å². The van der Waals surface area contributed by atoms with Crippen molar-refractivity contribution in [2.45, 2.75) is 26.3 Å². The van der Waals surface area contributed by atoms with Crippen molar-refractivity contribution >= 4 is 23.2 Å². The van der Waals surface area contributed by atoms with E-state index in [4.69, 9.17) is 23.2 Å². The number of aryl methyl sites for hydroxylation is 2. The van der Waals surface area contributed by atoms with Gasteiger partial charge in [-0.1, -0.05) is 47.5 Å². The molecule has 2 rings (SSSR count). The first-order valence-corrected chi connectivity index (χ1v) is 7.45. The Labute approximate surface area is 130 Å². The van der Waals surface area contributed by atoms with E-state index < -0.39 is 0 Å². The lowest BCUT2D eigenvalue weighted by atomic mass is 9.97. The van der Waals surface area contributed by atoms with E-state index in [9.17, 15) is 0 Å². The fourth-order valence-corrected chi connectivity index (χ4v) is 2.74. The van der Waals surface area contributed by atoms with Crippen LogP contribution in [0.4, 0.5) is 0 Å². The maximum Gasteiger partial charge on any atom is 0.0441 e. The Hall–Kier alpha value is -1.02. The summed E-state index contributed by atoms with van der Waals surface area (Å²) >= 11 is 12.4. The van der Waals surface area contributed by atoms with Gasteiger partial charge >= 0.3 is 0 Å². The molecule has 1 atom stereocenters. The zero-order valence-corrected chi connectivity index (χ0v) is 13.5. The molecule has 0 fully saturated rings. The molecule has 0 saturated carbocycles. The summed E-state index contributed by atoms with van der Waals surface area (Å²) in [6.45, 7) is 4.07. The molecular formula is C17H19Cl2N. The zero-order valence-electron chi connectivity index (χ0n) is 12.0. The van der Waals surface area contributed by atoms with Crippen LogP contribution in [0, 0.1) is 13.8 Å². The molecule has 0 radical (unpaired) electrons. The van der Waals surface area contributed by atoms with Gasteiger partial charge in [0.1, 0.15) is 0 Å². The van der Waals surface area contributed by atoms with E-state index in [1.54, 1.807) is 0 Å². The summed E-state index contributed by atoms with van der Waals surface area (Å²) in [5, 5.41) is 4.99. The number of rotatable bonds is 4. The molecule has 106 valence electrons. The summed E-state index contributed by atoms with van der Waals surface area (Å²) in [6.07, 6.45) is 0.858. The number of hydrogen-bond acceptors (Lipinski definition) is 1. The third-order valence-electron chi connectivity index (χ3n) is 3.57. The van der Waals surface area contributed by atoms with Gasteiger partial charge in [0.05, 0.1) is 0 Å². The van der Waals surface area contributed by atoms with Gasteiger partial charge in [0.2, 0.25) is 0 Å². The fraction of sp³-hybridized carbons (Fsp3) is 0.294. The van der Waals surface area contributed by atoms with Crippen molar-refractivity contribution in [3.63, 3.8) is 0 Å². The van der Waals surface area contributed by atoms with Crippen LogP contribution in [-0.2, 0) is 6.42 Å². The van der Waals surface area contributed by atoms with Crippen molar-refractivity contribution in [1.82, 2.24) is 5.32 Å². The monoisotopic (exact) mass is 307 g/mol. The van der Waals surface area contributed by atoms with Gasteiger partial charge in [-0.2, -0.15) is 0 Å². The molecule has 0 amide bonds. The lowest BCUT2D eigenvalue weighted by molar-refractivity contribution is 0.592. The van der Waals surface area contributed by atoms with E-state index in [1.165, 1.54) is 11.1 Å². The summed E-state index contributed by atoms with van der Waals surface area (Å²) in [7, 11) is 1.97. The Morgan fingerprint density at radius 3 is 2.35 bits per heavy atom. The first kappa shape index (κ1) is 15.4. The summed E-state index contributed by atoms with van der Waals surface area (Å²) < 4.78 is 0. The topological polar surface area (TPSA) is 12.0 Å². The largest absolute Gasteiger partial charge is 0.313 e. The molecule has 0 aromatic heterocycles. The average Bonchev–Trinajstić information content (AvgIpc) is 2.41. The Morgan fingerprint density at radius 2 is 1.75 bits per heavy atom. The molecule has 1 unspecified atom stereocenters. The van der Waals surface area contributed by atoms with Gasteiger partial charge < -0.3 is 5.32 Å². The zero-order chi connectivity index (χ0) is 14.7. The van der Waals surface area contributed by atoms with Crippen molar-refractivity contribution in [2.24, 2.45) is 0 Å². The van der Waals surface area contributed by atoms with Gasteiger partial charge in [-0.25, -0.2) is 0 Å². The molecule has 0 aliphatic carbocycles. The molecule has 2 aromatic rings. The first-order chi connectivity index (χ1) is 9.51. The smallest absolute Gasteiger partial charge is 0.0441 e. The van der Waals surface area contributed by atoms with E-state index in [1.807, 2.05) is 33.0 Å². The van der Waals surface area contributed by atoms with Gasteiger partial charge in [0, 0.05) is 16.1 Å². The van der Waals surface area contributed by atoms with Gasteiger partial charge in [-0.3, -0.25) is 0 Å². The predicted molar refractivity (Wildman–Crippen MR) is 87.9 cm³/mol. The van der Waals surface area contributed by atoms with Crippen LogP contribution in [0.2, 0.25) is 10.0 Å². The highest BCUT2D eigenvalue weighted by Crippen LogP contribution is 2.26. The number of nitrogens with one attached hydrogen (secondary N) is 1. The standard InChI is InChI=1S/C17H19Cl2N/c1-11-4-5-13(16(19)8-11)10-17(20-3)14-6-7-15(18)12(2)9-14/h4-9,17,20H,10H2,1-3H3.